The van der Waals surface area contributed by atoms with Gasteiger partial charge in [-0.2, -0.15) is 0 Å². The van der Waals surface area contributed by atoms with Gasteiger partial charge in [-0.1, -0.05) is 19.8 Å². The summed E-state index contributed by atoms with van der Waals surface area (Å²) < 4.78 is 0. The molecule has 2 aromatic rings. The largest absolute Gasteiger partial charge is 0.349 e. The molecule has 1 amide bonds. The second-order valence-corrected chi connectivity index (χ2v) is 6.01. The number of carbonyl (C=O) groups excluding carboxylic acids is 1. The molecule has 2 heterocycles. The minimum Gasteiger partial charge on any atom is -0.349 e. The van der Waals surface area contributed by atoms with Gasteiger partial charge >= 0.3 is 0 Å². The van der Waals surface area contributed by atoms with Gasteiger partial charge < -0.3 is 5.32 Å². The number of amides is 1. The van der Waals surface area contributed by atoms with Gasteiger partial charge in [0.05, 0.1) is 11.3 Å². The van der Waals surface area contributed by atoms with E-state index in [4.69, 9.17) is 0 Å². The van der Waals surface area contributed by atoms with Crippen molar-refractivity contribution in [2.24, 2.45) is 5.92 Å². The lowest BCUT2D eigenvalue weighted by Gasteiger charge is -2.29. The lowest BCUT2D eigenvalue weighted by molar-refractivity contribution is 0.0910. The summed E-state index contributed by atoms with van der Waals surface area (Å²) in [4.78, 5) is 20.7. The molecule has 4 nitrogen and oxygen atoms in total. The van der Waals surface area contributed by atoms with Crippen LogP contribution in [0.15, 0.2) is 42.9 Å². The Bertz CT molecular complexity index is 625. The van der Waals surface area contributed by atoms with Crippen molar-refractivity contribution in [1.82, 2.24) is 15.3 Å². The molecule has 0 saturated heterocycles. The molecule has 1 N–H and O–H groups in total. The molecule has 0 aromatic carbocycles. The molecule has 0 spiro atoms. The molecule has 1 aliphatic rings. The van der Waals surface area contributed by atoms with E-state index in [0.29, 0.717) is 17.5 Å². The first-order valence-electron chi connectivity index (χ1n) is 7.91. The molecule has 0 radical (unpaired) electrons. The lowest BCUT2D eigenvalue weighted by Crippen LogP contribution is -2.41. The summed E-state index contributed by atoms with van der Waals surface area (Å²) in [5.74, 6) is 0.536. The Morgan fingerprint density at radius 2 is 1.91 bits per heavy atom. The Hall–Kier alpha value is -2.23. The number of rotatable bonds is 3. The van der Waals surface area contributed by atoms with Crippen LogP contribution in [0.1, 0.15) is 43.0 Å². The molecule has 1 aliphatic carbocycles. The third-order valence-electron chi connectivity index (χ3n) is 4.43. The van der Waals surface area contributed by atoms with E-state index in [9.17, 15) is 4.79 Å². The molecule has 1 fully saturated rings. The summed E-state index contributed by atoms with van der Waals surface area (Å²) >= 11 is 0. The number of aromatic nitrogens is 2. The van der Waals surface area contributed by atoms with Crippen LogP contribution < -0.4 is 5.32 Å². The van der Waals surface area contributed by atoms with Crippen LogP contribution in [0.2, 0.25) is 0 Å². The third kappa shape index (κ3) is 3.32. The maximum Gasteiger partial charge on any atom is 0.253 e. The molecule has 2 atom stereocenters. The van der Waals surface area contributed by atoms with Crippen LogP contribution in [0.3, 0.4) is 0 Å². The Morgan fingerprint density at radius 3 is 2.59 bits per heavy atom. The SMILES string of the molecule is CC1CCCCC1NC(=O)c1ccc(-c2ccncc2)nc1. The Kier molecular flexibility index (Phi) is 4.47. The Labute approximate surface area is 131 Å². The fraction of sp³-hybridized carbons (Fsp3) is 0.389. The van der Waals surface area contributed by atoms with Crippen LogP contribution >= 0.6 is 0 Å². The summed E-state index contributed by atoms with van der Waals surface area (Å²) in [5, 5.41) is 3.16. The summed E-state index contributed by atoms with van der Waals surface area (Å²) in [5.41, 5.74) is 2.48. The monoisotopic (exact) mass is 295 g/mol. The molecule has 114 valence electrons. The van der Waals surface area contributed by atoms with E-state index in [1.54, 1.807) is 18.6 Å². The Morgan fingerprint density at radius 1 is 1.14 bits per heavy atom. The highest BCUT2D eigenvalue weighted by molar-refractivity contribution is 5.94. The van der Waals surface area contributed by atoms with Crippen molar-refractivity contribution in [3.63, 3.8) is 0 Å². The van der Waals surface area contributed by atoms with Crippen molar-refractivity contribution in [2.75, 3.05) is 0 Å². The summed E-state index contributed by atoms with van der Waals surface area (Å²) in [6.07, 6.45) is 9.88. The average molecular weight is 295 g/mol. The van der Waals surface area contributed by atoms with Crippen molar-refractivity contribution >= 4 is 5.91 Å². The van der Waals surface area contributed by atoms with Gasteiger partial charge in [0, 0.05) is 30.2 Å². The first-order valence-corrected chi connectivity index (χ1v) is 7.91. The van der Waals surface area contributed by atoms with Crippen LogP contribution in [-0.2, 0) is 0 Å². The number of hydrogen-bond acceptors (Lipinski definition) is 3. The van der Waals surface area contributed by atoms with Crippen molar-refractivity contribution in [1.29, 1.82) is 0 Å². The number of hydrogen-bond donors (Lipinski definition) is 1. The first-order chi connectivity index (χ1) is 10.7. The molecule has 2 unspecified atom stereocenters. The topological polar surface area (TPSA) is 54.9 Å². The van der Waals surface area contributed by atoms with Crippen LogP contribution in [0.25, 0.3) is 11.3 Å². The maximum atomic E-state index is 12.3. The molecule has 0 aliphatic heterocycles. The van der Waals surface area contributed by atoms with Crippen LogP contribution in [0, 0.1) is 5.92 Å². The van der Waals surface area contributed by atoms with E-state index in [-0.39, 0.29) is 5.91 Å². The number of nitrogens with one attached hydrogen (secondary N) is 1. The molecule has 3 rings (SSSR count). The molecule has 2 aromatic heterocycles. The zero-order valence-electron chi connectivity index (χ0n) is 12.8. The van der Waals surface area contributed by atoms with Gasteiger partial charge in [-0.15, -0.1) is 0 Å². The highest BCUT2D eigenvalue weighted by Gasteiger charge is 2.23. The summed E-state index contributed by atoms with van der Waals surface area (Å²) in [7, 11) is 0. The van der Waals surface area contributed by atoms with E-state index in [2.05, 4.69) is 22.2 Å². The predicted molar refractivity (Wildman–Crippen MR) is 86.4 cm³/mol. The lowest BCUT2D eigenvalue weighted by atomic mass is 9.86. The van der Waals surface area contributed by atoms with Crippen LogP contribution in [0.5, 0.6) is 0 Å². The zero-order chi connectivity index (χ0) is 15.4. The standard InChI is InChI=1S/C18H21N3O/c1-13-4-2-3-5-16(13)21-18(22)15-6-7-17(20-12-15)14-8-10-19-11-9-14/h6-13,16H,2-5H2,1H3,(H,21,22). The second kappa shape index (κ2) is 6.69. The minimum absolute atomic E-state index is 0.0208. The zero-order valence-corrected chi connectivity index (χ0v) is 12.8. The van der Waals surface area contributed by atoms with E-state index in [1.807, 2.05) is 24.3 Å². The Balaban J connectivity index is 1.68. The van der Waals surface area contributed by atoms with Gasteiger partial charge in [0.1, 0.15) is 0 Å². The second-order valence-electron chi connectivity index (χ2n) is 6.01. The quantitative estimate of drug-likeness (QED) is 0.943. The average Bonchev–Trinajstić information content (AvgIpc) is 2.58. The fourth-order valence-corrected chi connectivity index (χ4v) is 3.00. The molecule has 4 heteroatoms. The van der Waals surface area contributed by atoms with Crippen molar-refractivity contribution in [3.8, 4) is 11.3 Å². The van der Waals surface area contributed by atoms with E-state index < -0.39 is 0 Å². The van der Waals surface area contributed by atoms with Gasteiger partial charge in [-0.3, -0.25) is 14.8 Å². The minimum atomic E-state index is -0.0208. The smallest absolute Gasteiger partial charge is 0.253 e. The molecular weight excluding hydrogens is 274 g/mol. The fourth-order valence-electron chi connectivity index (χ4n) is 3.00. The van der Waals surface area contributed by atoms with E-state index in [1.165, 1.54) is 19.3 Å². The van der Waals surface area contributed by atoms with Gasteiger partial charge in [0.15, 0.2) is 0 Å². The van der Waals surface area contributed by atoms with Crippen molar-refractivity contribution < 1.29 is 4.79 Å². The molecule has 1 saturated carbocycles. The highest BCUT2D eigenvalue weighted by atomic mass is 16.1. The summed E-state index contributed by atoms with van der Waals surface area (Å²) in [6.45, 7) is 2.22. The number of pyridine rings is 2. The van der Waals surface area contributed by atoms with Gasteiger partial charge in [-0.05, 0) is 43.0 Å². The number of nitrogens with zero attached hydrogens (tertiary/aromatic N) is 2. The van der Waals surface area contributed by atoms with E-state index >= 15 is 0 Å². The van der Waals surface area contributed by atoms with Gasteiger partial charge in [0.2, 0.25) is 0 Å². The molecular formula is C18H21N3O. The first kappa shape index (κ1) is 14.7. The maximum absolute atomic E-state index is 12.3. The van der Waals surface area contributed by atoms with E-state index in [0.717, 1.165) is 17.7 Å². The summed E-state index contributed by atoms with van der Waals surface area (Å²) in [6, 6.07) is 7.83. The van der Waals surface area contributed by atoms with Crippen LogP contribution in [-0.4, -0.2) is 21.9 Å². The normalized spacial score (nSPS) is 21.3. The molecule has 22 heavy (non-hydrogen) atoms. The van der Waals surface area contributed by atoms with Crippen LogP contribution in [0.4, 0.5) is 0 Å². The third-order valence-corrected chi connectivity index (χ3v) is 4.43. The van der Waals surface area contributed by atoms with Crippen molar-refractivity contribution in [2.45, 2.75) is 38.6 Å². The molecule has 0 bridgehead atoms. The van der Waals surface area contributed by atoms with Crippen molar-refractivity contribution in [3.05, 3.63) is 48.4 Å². The number of carbonyl (C=O) groups is 1. The predicted octanol–water partition coefficient (Wildman–Crippen LogP) is 3.45. The highest BCUT2D eigenvalue weighted by Crippen LogP contribution is 2.24. The van der Waals surface area contributed by atoms with Gasteiger partial charge in [-0.25, -0.2) is 0 Å². The van der Waals surface area contributed by atoms with Gasteiger partial charge in [0.25, 0.3) is 5.91 Å².